The van der Waals surface area contributed by atoms with Crippen molar-refractivity contribution in [1.29, 1.82) is 0 Å². The van der Waals surface area contributed by atoms with Crippen LogP contribution in [0.2, 0.25) is 5.02 Å². The SMILES string of the molecule is COc1ccc(Cl)cc1NC(=O)c1conc1C. The van der Waals surface area contributed by atoms with Crippen LogP contribution in [0.25, 0.3) is 0 Å². The second-order valence-corrected chi connectivity index (χ2v) is 4.05. The molecule has 0 spiro atoms. The van der Waals surface area contributed by atoms with Crippen LogP contribution in [-0.4, -0.2) is 18.2 Å². The number of rotatable bonds is 3. The van der Waals surface area contributed by atoms with E-state index in [1.165, 1.54) is 13.4 Å². The molecule has 1 aromatic heterocycles. The molecule has 0 unspecified atom stereocenters. The molecule has 2 rings (SSSR count). The van der Waals surface area contributed by atoms with E-state index >= 15 is 0 Å². The first-order chi connectivity index (χ1) is 8.61. The van der Waals surface area contributed by atoms with Gasteiger partial charge in [-0.2, -0.15) is 0 Å². The first-order valence-corrected chi connectivity index (χ1v) is 5.55. The number of hydrogen-bond donors (Lipinski definition) is 1. The molecule has 5 nitrogen and oxygen atoms in total. The highest BCUT2D eigenvalue weighted by Gasteiger charge is 2.15. The average Bonchev–Trinajstić information content (AvgIpc) is 2.76. The lowest BCUT2D eigenvalue weighted by Crippen LogP contribution is -2.13. The summed E-state index contributed by atoms with van der Waals surface area (Å²) in [7, 11) is 1.52. The van der Waals surface area contributed by atoms with Gasteiger partial charge in [0, 0.05) is 5.02 Å². The monoisotopic (exact) mass is 266 g/mol. The zero-order valence-corrected chi connectivity index (χ0v) is 10.6. The quantitative estimate of drug-likeness (QED) is 0.928. The Morgan fingerprint density at radius 1 is 1.50 bits per heavy atom. The fourth-order valence-corrected chi connectivity index (χ4v) is 1.65. The van der Waals surface area contributed by atoms with Gasteiger partial charge in [0.05, 0.1) is 18.5 Å². The van der Waals surface area contributed by atoms with Crippen LogP contribution in [0.15, 0.2) is 29.0 Å². The molecule has 0 saturated heterocycles. The average molecular weight is 267 g/mol. The Morgan fingerprint density at radius 2 is 2.28 bits per heavy atom. The van der Waals surface area contributed by atoms with Crippen molar-refractivity contribution in [1.82, 2.24) is 5.16 Å². The zero-order chi connectivity index (χ0) is 13.1. The smallest absolute Gasteiger partial charge is 0.260 e. The molecule has 6 heteroatoms. The van der Waals surface area contributed by atoms with Crippen molar-refractivity contribution in [2.45, 2.75) is 6.92 Å². The van der Waals surface area contributed by atoms with Gasteiger partial charge in [-0.15, -0.1) is 0 Å². The number of aromatic nitrogens is 1. The minimum absolute atomic E-state index is 0.325. The summed E-state index contributed by atoms with van der Waals surface area (Å²) >= 11 is 5.88. The Balaban J connectivity index is 2.27. The van der Waals surface area contributed by atoms with E-state index in [2.05, 4.69) is 10.5 Å². The lowest BCUT2D eigenvalue weighted by Gasteiger charge is -2.09. The van der Waals surface area contributed by atoms with E-state index in [-0.39, 0.29) is 5.91 Å². The predicted molar refractivity (Wildman–Crippen MR) is 67.2 cm³/mol. The molecule has 1 N–H and O–H groups in total. The van der Waals surface area contributed by atoms with Gasteiger partial charge in [0.1, 0.15) is 17.6 Å². The van der Waals surface area contributed by atoms with Crippen molar-refractivity contribution in [3.8, 4) is 5.75 Å². The Morgan fingerprint density at radius 3 is 2.89 bits per heavy atom. The Hall–Kier alpha value is -2.01. The van der Waals surface area contributed by atoms with Gasteiger partial charge in [-0.1, -0.05) is 16.8 Å². The van der Waals surface area contributed by atoms with E-state index in [9.17, 15) is 4.79 Å². The number of benzene rings is 1. The minimum Gasteiger partial charge on any atom is -0.495 e. The van der Waals surface area contributed by atoms with Gasteiger partial charge in [-0.05, 0) is 25.1 Å². The van der Waals surface area contributed by atoms with E-state index in [1.807, 2.05) is 0 Å². The van der Waals surface area contributed by atoms with Crippen molar-refractivity contribution in [3.05, 3.63) is 40.7 Å². The third-order valence-electron chi connectivity index (χ3n) is 2.40. The lowest BCUT2D eigenvalue weighted by molar-refractivity contribution is 0.102. The Bertz CT molecular complexity index is 580. The topological polar surface area (TPSA) is 64.4 Å². The van der Waals surface area contributed by atoms with E-state index in [0.717, 1.165) is 0 Å². The van der Waals surface area contributed by atoms with Crippen molar-refractivity contribution in [3.63, 3.8) is 0 Å². The summed E-state index contributed by atoms with van der Waals surface area (Å²) in [4.78, 5) is 12.0. The summed E-state index contributed by atoms with van der Waals surface area (Å²) in [5.41, 5.74) is 1.39. The maximum absolute atomic E-state index is 12.0. The summed E-state index contributed by atoms with van der Waals surface area (Å²) in [5.74, 6) is 0.205. The third-order valence-corrected chi connectivity index (χ3v) is 2.64. The number of carbonyl (C=O) groups is 1. The first kappa shape index (κ1) is 12.4. The summed E-state index contributed by atoms with van der Waals surface area (Å²) < 4.78 is 9.85. The molecule has 1 heterocycles. The summed E-state index contributed by atoms with van der Waals surface area (Å²) in [6.45, 7) is 1.69. The number of amides is 1. The fraction of sp³-hybridized carbons (Fsp3) is 0.167. The van der Waals surface area contributed by atoms with Crippen molar-refractivity contribution < 1.29 is 14.1 Å². The molecule has 0 radical (unpaired) electrons. The van der Waals surface area contributed by atoms with Crippen LogP contribution in [0.5, 0.6) is 5.75 Å². The maximum Gasteiger partial charge on any atom is 0.260 e. The highest BCUT2D eigenvalue weighted by atomic mass is 35.5. The highest BCUT2D eigenvalue weighted by Crippen LogP contribution is 2.28. The van der Waals surface area contributed by atoms with Crippen molar-refractivity contribution >= 4 is 23.2 Å². The molecule has 0 fully saturated rings. The van der Waals surface area contributed by atoms with Gasteiger partial charge in [-0.3, -0.25) is 4.79 Å². The fourth-order valence-electron chi connectivity index (χ4n) is 1.48. The number of methoxy groups -OCH3 is 1. The van der Waals surface area contributed by atoms with E-state index < -0.39 is 0 Å². The van der Waals surface area contributed by atoms with Crippen molar-refractivity contribution in [2.75, 3.05) is 12.4 Å². The first-order valence-electron chi connectivity index (χ1n) is 5.17. The van der Waals surface area contributed by atoms with Gasteiger partial charge >= 0.3 is 0 Å². The number of ether oxygens (including phenoxy) is 1. The van der Waals surface area contributed by atoms with Gasteiger partial charge in [0.2, 0.25) is 0 Å². The van der Waals surface area contributed by atoms with Gasteiger partial charge in [-0.25, -0.2) is 0 Å². The van der Waals surface area contributed by atoms with Crippen LogP contribution in [0.3, 0.4) is 0 Å². The number of nitrogens with one attached hydrogen (secondary N) is 1. The maximum atomic E-state index is 12.0. The molecular weight excluding hydrogens is 256 g/mol. The molecule has 1 aromatic carbocycles. The normalized spacial score (nSPS) is 10.2. The number of halogens is 1. The second-order valence-electron chi connectivity index (χ2n) is 3.61. The molecule has 0 atom stereocenters. The molecule has 0 bridgehead atoms. The van der Waals surface area contributed by atoms with E-state index in [0.29, 0.717) is 27.7 Å². The molecule has 1 amide bonds. The largest absolute Gasteiger partial charge is 0.495 e. The Labute approximate surface area is 109 Å². The third kappa shape index (κ3) is 2.46. The second kappa shape index (κ2) is 5.10. The standard InChI is InChI=1S/C12H11ClN2O3/c1-7-9(6-18-15-7)12(16)14-10-5-8(13)3-4-11(10)17-2/h3-6H,1-2H3,(H,14,16). The van der Waals surface area contributed by atoms with E-state index in [4.69, 9.17) is 20.9 Å². The van der Waals surface area contributed by atoms with Crippen LogP contribution >= 0.6 is 11.6 Å². The summed E-state index contributed by atoms with van der Waals surface area (Å²) in [6.07, 6.45) is 1.29. The number of hydrogen-bond acceptors (Lipinski definition) is 4. The van der Waals surface area contributed by atoms with Crippen LogP contribution in [0.4, 0.5) is 5.69 Å². The minimum atomic E-state index is -0.325. The number of carbonyl (C=O) groups excluding carboxylic acids is 1. The molecule has 18 heavy (non-hydrogen) atoms. The van der Waals surface area contributed by atoms with Gasteiger partial charge in [0.15, 0.2) is 0 Å². The number of nitrogens with zero attached hydrogens (tertiary/aromatic N) is 1. The molecule has 0 aliphatic heterocycles. The molecule has 0 saturated carbocycles. The molecule has 0 aliphatic rings. The molecule has 2 aromatic rings. The Kier molecular flexibility index (Phi) is 3.53. The molecule has 0 aliphatic carbocycles. The lowest BCUT2D eigenvalue weighted by atomic mass is 10.2. The van der Waals surface area contributed by atoms with Gasteiger partial charge < -0.3 is 14.6 Å². The molecule has 94 valence electrons. The number of aryl methyl sites for hydroxylation is 1. The highest BCUT2D eigenvalue weighted by molar-refractivity contribution is 6.31. The van der Waals surface area contributed by atoms with Crippen LogP contribution in [-0.2, 0) is 0 Å². The predicted octanol–water partition coefficient (Wildman–Crippen LogP) is 2.90. The van der Waals surface area contributed by atoms with E-state index in [1.54, 1.807) is 25.1 Å². The summed E-state index contributed by atoms with van der Waals surface area (Å²) in [5, 5.41) is 6.85. The van der Waals surface area contributed by atoms with Crippen LogP contribution in [0.1, 0.15) is 16.1 Å². The number of anilines is 1. The van der Waals surface area contributed by atoms with Crippen LogP contribution in [0, 0.1) is 6.92 Å². The van der Waals surface area contributed by atoms with Crippen LogP contribution < -0.4 is 10.1 Å². The molecular formula is C12H11ClN2O3. The summed E-state index contributed by atoms with van der Waals surface area (Å²) in [6, 6.07) is 4.97. The van der Waals surface area contributed by atoms with Crippen molar-refractivity contribution in [2.24, 2.45) is 0 Å². The van der Waals surface area contributed by atoms with Gasteiger partial charge in [0.25, 0.3) is 5.91 Å². The zero-order valence-electron chi connectivity index (χ0n) is 9.86.